The fourth-order valence-corrected chi connectivity index (χ4v) is 1.71. The molecule has 1 unspecified atom stereocenters. The third kappa shape index (κ3) is 2.84. The summed E-state index contributed by atoms with van der Waals surface area (Å²) in [6.07, 6.45) is 0. The van der Waals surface area contributed by atoms with E-state index in [4.69, 9.17) is 34.7 Å². The van der Waals surface area contributed by atoms with Gasteiger partial charge in [-0.3, -0.25) is 0 Å². The van der Waals surface area contributed by atoms with Gasteiger partial charge in [0, 0.05) is 29.4 Å². The molecule has 0 aromatic heterocycles. The highest BCUT2D eigenvalue weighted by Gasteiger charge is 2.14. The van der Waals surface area contributed by atoms with E-state index in [0.29, 0.717) is 10.0 Å². The van der Waals surface area contributed by atoms with Gasteiger partial charge < -0.3 is 15.7 Å². The van der Waals surface area contributed by atoms with Crippen LogP contribution in [0.5, 0.6) is 0 Å². The first-order valence-electron chi connectivity index (χ1n) is 4.90. The lowest BCUT2D eigenvalue weighted by Gasteiger charge is -2.27. The zero-order valence-electron chi connectivity index (χ0n) is 9.27. The Labute approximate surface area is 106 Å². The van der Waals surface area contributed by atoms with Gasteiger partial charge in [0.05, 0.1) is 6.61 Å². The molecule has 0 bridgehead atoms. The second-order valence-electron chi connectivity index (χ2n) is 3.67. The lowest BCUT2D eigenvalue weighted by Crippen LogP contribution is -2.33. The molecule has 1 aromatic rings. The third-order valence-electron chi connectivity index (χ3n) is 2.53. The minimum absolute atomic E-state index is 0.00530. The molecule has 1 rings (SSSR count). The summed E-state index contributed by atoms with van der Waals surface area (Å²) in [6.45, 7) is 1.98. The molecular formula is C11H15ClN2OS. The van der Waals surface area contributed by atoms with Crippen LogP contribution in [0.2, 0.25) is 5.02 Å². The Kier molecular flexibility index (Phi) is 4.53. The smallest absolute Gasteiger partial charge is 0.106 e. The van der Waals surface area contributed by atoms with Crippen LogP contribution in [0, 0.1) is 0 Å². The van der Waals surface area contributed by atoms with E-state index in [1.165, 1.54) is 0 Å². The highest BCUT2D eigenvalue weighted by Crippen LogP contribution is 2.24. The molecule has 1 atom stereocenters. The Hall–Kier alpha value is -0.840. The molecule has 0 fully saturated rings. The maximum atomic E-state index is 9.12. The second kappa shape index (κ2) is 5.48. The lowest BCUT2D eigenvalue weighted by atomic mass is 10.1. The number of benzene rings is 1. The minimum atomic E-state index is -0.00530. The molecule has 0 amide bonds. The van der Waals surface area contributed by atoms with Crippen LogP contribution < -0.4 is 10.6 Å². The number of hydrogen-bond donors (Lipinski definition) is 2. The number of rotatable bonds is 4. The van der Waals surface area contributed by atoms with Crippen molar-refractivity contribution in [3.05, 3.63) is 28.8 Å². The number of nitrogens with zero attached hydrogens (tertiary/aromatic N) is 1. The predicted molar refractivity (Wildman–Crippen MR) is 72.3 cm³/mol. The van der Waals surface area contributed by atoms with Crippen molar-refractivity contribution in [2.45, 2.75) is 13.0 Å². The molecule has 0 saturated heterocycles. The summed E-state index contributed by atoms with van der Waals surface area (Å²) in [5.41, 5.74) is 7.25. The molecule has 0 aliphatic heterocycles. The van der Waals surface area contributed by atoms with Gasteiger partial charge in [-0.15, -0.1) is 0 Å². The van der Waals surface area contributed by atoms with Crippen LogP contribution in [-0.2, 0) is 0 Å². The van der Waals surface area contributed by atoms with Crippen LogP contribution in [0.1, 0.15) is 12.5 Å². The van der Waals surface area contributed by atoms with Crippen LogP contribution >= 0.6 is 23.8 Å². The highest BCUT2D eigenvalue weighted by molar-refractivity contribution is 7.80. The van der Waals surface area contributed by atoms with Gasteiger partial charge in [0.15, 0.2) is 0 Å². The fraction of sp³-hybridized carbons (Fsp3) is 0.364. The van der Waals surface area contributed by atoms with Crippen molar-refractivity contribution >= 4 is 34.5 Å². The normalized spacial score (nSPS) is 12.2. The summed E-state index contributed by atoms with van der Waals surface area (Å²) >= 11 is 10.9. The van der Waals surface area contributed by atoms with Crippen LogP contribution in [0.15, 0.2) is 18.2 Å². The molecule has 0 spiro atoms. The van der Waals surface area contributed by atoms with Crippen molar-refractivity contribution in [3.8, 4) is 0 Å². The second-order valence-corrected chi connectivity index (χ2v) is 4.54. The van der Waals surface area contributed by atoms with E-state index in [9.17, 15) is 0 Å². The lowest BCUT2D eigenvalue weighted by molar-refractivity contribution is 0.270. The number of thiocarbonyl (C=S) groups is 1. The number of aliphatic hydroxyl groups is 1. The van der Waals surface area contributed by atoms with E-state index >= 15 is 0 Å². The molecule has 0 aliphatic carbocycles. The van der Waals surface area contributed by atoms with Gasteiger partial charge in [0.1, 0.15) is 4.99 Å². The van der Waals surface area contributed by atoms with Crippen molar-refractivity contribution < 1.29 is 5.11 Å². The Morgan fingerprint density at radius 1 is 1.62 bits per heavy atom. The number of likely N-dealkylation sites (N-methyl/N-ethyl adjacent to an activating group) is 1. The summed E-state index contributed by atoms with van der Waals surface area (Å²) in [7, 11) is 1.88. The Morgan fingerprint density at radius 2 is 2.25 bits per heavy atom. The molecule has 0 radical (unpaired) electrons. The van der Waals surface area contributed by atoms with Gasteiger partial charge in [-0.2, -0.15) is 0 Å². The van der Waals surface area contributed by atoms with Crippen molar-refractivity contribution in [1.82, 2.24) is 0 Å². The number of nitrogens with two attached hydrogens (primary N) is 1. The molecule has 0 saturated carbocycles. The third-order valence-corrected chi connectivity index (χ3v) is 2.98. The molecular weight excluding hydrogens is 244 g/mol. The average molecular weight is 259 g/mol. The molecule has 88 valence electrons. The first-order valence-corrected chi connectivity index (χ1v) is 5.69. The molecule has 5 heteroatoms. The zero-order chi connectivity index (χ0) is 12.3. The molecule has 0 heterocycles. The number of anilines is 1. The molecule has 3 nitrogen and oxygen atoms in total. The van der Waals surface area contributed by atoms with Crippen molar-refractivity contribution in [2.24, 2.45) is 5.73 Å². The monoisotopic (exact) mass is 258 g/mol. The van der Waals surface area contributed by atoms with Crippen LogP contribution in [0.4, 0.5) is 5.69 Å². The first-order chi connectivity index (χ1) is 7.47. The Bertz CT molecular complexity index is 398. The SMILES string of the molecule is CC(CO)N(C)c1ccc(Cl)cc1C(N)=S. The topological polar surface area (TPSA) is 49.5 Å². The summed E-state index contributed by atoms with van der Waals surface area (Å²) in [6, 6.07) is 5.36. The molecule has 3 N–H and O–H groups in total. The van der Waals surface area contributed by atoms with E-state index < -0.39 is 0 Å². The van der Waals surface area contributed by atoms with E-state index in [-0.39, 0.29) is 12.6 Å². The minimum Gasteiger partial charge on any atom is -0.394 e. The van der Waals surface area contributed by atoms with Gasteiger partial charge in [-0.1, -0.05) is 23.8 Å². The van der Waals surface area contributed by atoms with E-state index in [2.05, 4.69) is 0 Å². The predicted octanol–water partition coefficient (Wildman–Crippen LogP) is 1.79. The first kappa shape index (κ1) is 13.2. The number of hydrogen-bond acceptors (Lipinski definition) is 3. The van der Waals surface area contributed by atoms with Crippen LogP contribution in [0.3, 0.4) is 0 Å². The van der Waals surface area contributed by atoms with E-state index in [0.717, 1.165) is 11.3 Å². The molecule has 1 aromatic carbocycles. The number of halogens is 1. The fourth-order valence-electron chi connectivity index (χ4n) is 1.37. The maximum Gasteiger partial charge on any atom is 0.106 e. The Balaban J connectivity index is 3.17. The van der Waals surface area contributed by atoms with Gasteiger partial charge in [-0.25, -0.2) is 0 Å². The van der Waals surface area contributed by atoms with Gasteiger partial charge in [-0.05, 0) is 25.1 Å². The van der Waals surface area contributed by atoms with Crippen molar-refractivity contribution in [1.29, 1.82) is 0 Å². The highest BCUT2D eigenvalue weighted by atomic mass is 35.5. The van der Waals surface area contributed by atoms with Crippen molar-refractivity contribution in [2.75, 3.05) is 18.6 Å². The summed E-state index contributed by atoms with van der Waals surface area (Å²) in [5.74, 6) is 0. The van der Waals surface area contributed by atoms with Gasteiger partial charge in [0.25, 0.3) is 0 Å². The van der Waals surface area contributed by atoms with Crippen molar-refractivity contribution in [3.63, 3.8) is 0 Å². The Morgan fingerprint density at radius 3 is 2.75 bits per heavy atom. The summed E-state index contributed by atoms with van der Waals surface area (Å²) in [4.78, 5) is 2.22. The molecule has 16 heavy (non-hydrogen) atoms. The maximum absolute atomic E-state index is 9.12. The quantitative estimate of drug-likeness (QED) is 0.809. The van der Waals surface area contributed by atoms with Gasteiger partial charge in [0.2, 0.25) is 0 Å². The van der Waals surface area contributed by atoms with E-state index in [1.807, 2.05) is 24.9 Å². The standard InChI is InChI=1S/C11H15ClN2OS/c1-7(6-15)14(2)10-4-3-8(12)5-9(10)11(13)16/h3-5,7,15H,6H2,1-2H3,(H2,13,16). The van der Waals surface area contributed by atoms with E-state index in [1.54, 1.807) is 12.1 Å². The van der Waals surface area contributed by atoms with Gasteiger partial charge >= 0.3 is 0 Å². The van der Waals surface area contributed by atoms with Crippen LogP contribution in [-0.4, -0.2) is 29.8 Å². The number of aliphatic hydroxyl groups excluding tert-OH is 1. The van der Waals surface area contributed by atoms with Crippen LogP contribution in [0.25, 0.3) is 0 Å². The zero-order valence-corrected chi connectivity index (χ0v) is 10.8. The summed E-state index contributed by atoms with van der Waals surface area (Å²) < 4.78 is 0. The molecule has 0 aliphatic rings. The largest absolute Gasteiger partial charge is 0.394 e. The summed E-state index contributed by atoms with van der Waals surface area (Å²) in [5, 5.41) is 9.71. The average Bonchev–Trinajstić information content (AvgIpc) is 2.26.